The zero-order valence-corrected chi connectivity index (χ0v) is 11.8. The zero-order valence-electron chi connectivity index (χ0n) is 11.8. The maximum atomic E-state index is 5.81. The molecular formula is C15H25N3. The van der Waals surface area contributed by atoms with Crippen molar-refractivity contribution in [2.75, 3.05) is 39.5 Å². The quantitative estimate of drug-likeness (QED) is 0.822. The van der Waals surface area contributed by atoms with Crippen LogP contribution in [0.4, 0.5) is 5.69 Å². The summed E-state index contributed by atoms with van der Waals surface area (Å²) in [5.74, 6) is 0.765. The molecule has 0 radical (unpaired) electrons. The van der Waals surface area contributed by atoms with Crippen LogP contribution in [0.3, 0.4) is 0 Å². The molecular weight excluding hydrogens is 222 g/mol. The molecule has 1 aliphatic heterocycles. The number of nitrogen functional groups attached to an aromatic ring is 1. The van der Waals surface area contributed by atoms with Crippen LogP contribution in [-0.2, 0) is 6.42 Å². The Kier molecular flexibility index (Phi) is 4.25. The molecule has 0 bridgehead atoms. The molecule has 1 saturated heterocycles. The normalized spacial score (nSPS) is 24.9. The summed E-state index contributed by atoms with van der Waals surface area (Å²) in [6.45, 7) is 5.89. The molecule has 1 aromatic rings. The van der Waals surface area contributed by atoms with Gasteiger partial charge in [-0.1, -0.05) is 19.1 Å². The average molecular weight is 247 g/mol. The summed E-state index contributed by atoms with van der Waals surface area (Å²) < 4.78 is 0. The van der Waals surface area contributed by atoms with Gasteiger partial charge in [-0.15, -0.1) is 0 Å². The number of hydrogen-bond donors (Lipinski definition) is 1. The van der Waals surface area contributed by atoms with Gasteiger partial charge in [-0.3, -0.25) is 0 Å². The summed E-state index contributed by atoms with van der Waals surface area (Å²) in [6.07, 6.45) is 1.10. The first-order valence-corrected chi connectivity index (χ1v) is 6.79. The molecule has 0 aromatic heterocycles. The molecule has 100 valence electrons. The van der Waals surface area contributed by atoms with E-state index in [9.17, 15) is 0 Å². The molecule has 2 unspecified atom stereocenters. The smallest absolute Gasteiger partial charge is 0.0316 e. The monoisotopic (exact) mass is 247 g/mol. The Labute approximate surface area is 111 Å². The number of hydrogen-bond acceptors (Lipinski definition) is 3. The Morgan fingerprint density at radius 3 is 2.72 bits per heavy atom. The second-order valence-electron chi connectivity index (χ2n) is 5.76. The average Bonchev–Trinajstić information content (AvgIpc) is 2.68. The molecule has 2 N–H and O–H groups in total. The van der Waals surface area contributed by atoms with Crippen molar-refractivity contribution in [2.24, 2.45) is 5.92 Å². The summed E-state index contributed by atoms with van der Waals surface area (Å²) in [4.78, 5) is 4.92. The SMILES string of the molecule is CC1CN(CCc2cccc(N)c2)CC1N(C)C. The number of rotatable bonds is 4. The Hall–Kier alpha value is -1.06. The van der Waals surface area contributed by atoms with Crippen molar-refractivity contribution in [1.29, 1.82) is 0 Å². The van der Waals surface area contributed by atoms with E-state index < -0.39 is 0 Å². The predicted molar refractivity (Wildman–Crippen MR) is 77.6 cm³/mol. The highest BCUT2D eigenvalue weighted by Gasteiger charge is 2.30. The van der Waals surface area contributed by atoms with Crippen LogP contribution < -0.4 is 5.73 Å². The number of likely N-dealkylation sites (tertiary alicyclic amines) is 1. The largest absolute Gasteiger partial charge is 0.399 e. The van der Waals surface area contributed by atoms with Gasteiger partial charge in [0.25, 0.3) is 0 Å². The Morgan fingerprint density at radius 2 is 2.11 bits per heavy atom. The highest BCUT2D eigenvalue weighted by molar-refractivity contribution is 5.40. The number of anilines is 1. The molecule has 0 spiro atoms. The summed E-state index contributed by atoms with van der Waals surface area (Å²) in [5, 5.41) is 0. The van der Waals surface area contributed by atoms with E-state index in [1.165, 1.54) is 18.7 Å². The Balaban J connectivity index is 1.85. The molecule has 18 heavy (non-hydrogen) atoms. The third-order valence-corrected chi connectivity index (χ3v) is 3.98. The predicted octanol–water partition coefficient (Wildman–Crippen LogP) is 1.69. The van der Waals surface area contributed by atoms with E-state index in [0.717, 1.165) is 24.6 Å². The van der Waals surface area contributed by atoms with Gasteiger partial charge in [0.15, 0.2) is 0 Å². The summed E-state index contributed by atoms with van der Waals surface area (Å²) in [5.41, 5.74) is 8.02. The van der Waals surface area contributed by atoms with E-state index in [4.69, 9.17) is 5.73 Å². The molecule has 1 heterocycles. The summed E-state index contributed by atoms with van der Waals surface area (Å²) >= 11 is 0. The van der Waals surface area contributed by atoms with Crippen LogP contribution in [0.25, 0.3) is 0 Å². The minimum Gasteiger partial charge on any atom is -0.399 e. The van der Waals surface area contributed by atoms with Gasteiger partial charge < -0.3 is 15.5 Å². The lowest BCUT2D eigenvalue weighted by molar-refractivity contribution is 0.252. The van der Waals surface area contributed by atoms with E-state index >= 15 is 0 Å². The molecule has 1 fully saturated rings. The highest BCUT2D eigenvalue weighted by atomic mass is 15.2. The van der Waals surface area contributed by atoms with Gasteiger partial charge in [0.05, 0.1) is 0 Å². The van der Waals surface area contributed by atoms with E-state index in [1.54, 1.807) is 0 Å². The lowest BCUT2D eigenvalue weighted by atomic mass is 10.1. The molecule has 3 heteroatoms. The van der Waals surface area contributed by atoms with Crippen molar-refractivity contribution in [3.8, 4) is 0 Å². The van der Waals surface area contributed by atoms with Crippen LogP contribution in [0.2, 0.25) is 0 Å². The van der Waals surface area contributed by atoms with Crippen LogP contribution in [0.15, 0.2) is 24.3 Å². The van der Waals surface area contributed by atoms with E-state index in [2.05, 4.69) is 43.0 Å². The van der Waals surface area contributed by atoms with Gasteiger partial charge in [0.1, 0.15) is 0 Å². The van der Waals surface area contributed by atoms with Crippen LogP contribution >= 0.6 is 0 Å². The van der Waals surface area contributed by atoms with Crippen molar-refractivity contribution in [3.63, 3.8) is 0 Å². The molecule has 1 aliphatic rings. The van der Waals surface area contributed by atoms with Gasteiger partial charge >= 0.3 is 0 Å². The first-order valence-electron chi connectivity index (χ1n) is 6.79. The van der Waals surface area contributed by atoms with Crippen molar-refractivity contribution in [2.45, 2.75) is 19.4 Å². The van der Waals surface area contributed by atoms with Gasteiger partial charge in [-0.05, 0) is 44.1 Å². The lowest BCUT2D eigenvalue weighted by Gasteiger charge is -2.22. The molecule has 0 saturated carbocycles. The molecule has 3 nitrogen and oxygen atoms in total. The number of nitrogens with two attached hydrogens (primary N) is 1. The minimum atomic E-state index is 0.700. The second-order valence-corrected chi connectivity index (χ2v) is 5.76. The van der Waals surface area contributed by atoms with Crippen LogP contribution in [0.1, 0.15) is 12.5 Å². The van der Waals surface area contributed by atoms with Crippen molar-refractivity contribution in [3.05, 3.63) is 29.8 Å². The van der Waals surface area contributed by atoms with Crippen molar-refractivity contribution >= 4 is 5.69 Å². The maximum absolute atomic E-state index is 5.81. The fourth-order valence-corrected chi connectivity index (χ4v) is 2.94. The zero-order chi connectivity index (χ0) is 13.1. The van der Waals surface area contributed by atoms with Crippen LogP contribution in [-0.4, -0.2) is 49.6 Å². The van der Waals surface area contributed by atoms with Gasteiger partial charge in [0, 0.05) is 31.4 Å². The second kappa shape index (κ2) is 5.72. The van der Waals surface area contributed by atoms with E-state index in [1.807, 2.05) is 12.1 Å². The molecule has 0 aliphatic carbocycles. The Morgan fingerprint density at radius 1 is 1.33 bits per heavy atom. The van der Waals surface area contributed by atoms with Gasteiger partial charge in [-0.25, -0.2) is 0 Å². The summed E-state index contributed by atoms with van der Waals surface area (Å²) in [7, 11) is 4.37. The lowest BCUT2D eigenvalue weighted by Crippen LogP contribution is -2.34. The number of nitrogens with zero attached hydrogens (tertiary/aromatic N) is 2. The van der Waals surface area contributed by atoms with Gasteiger partial charge in [-0.2, -0.15) is 0 Å². The third kappa shape index (κ3) is 3.24. The minimum absolute atomic E-state index is 0.700. The highest BCUT2D eigenvalue weighted by Crippen LogP contribution is 2.20. The topological polar surface area (TPSA) is 32.5 Å². The molecule has 1 aromatic carbocycles. The van der Waals surface area contributed by atoms with Gasteiger partial charge in [0.2, 0.25) is 0 Å². The van der Waals surface area contributed by atoms with Crippen molar-refractivity contribution in [1.82, 2.24) is 9.80 Å². The van der Waals surface area contributed by atoms with Crippen molar-refractivity contribution < 1.29 is 0 Å². The first-order chi connectivity index (χ1) is 8.56. The number of benzene rings is 1. The fourth-order valence-electron chi connectivity index (χ4n) is 2.94. The van der Waals surface area contributed by atoms with E-state index in [0.29, 0.717) is 6.04 Å². The third-order valence-electron chi connectivity index (χ3n) is 3.98. The number of likely N-dealkylation sites (N-methyl/N-ethyl adjacent to an activating group) is 1. The Bertz CT molecular complexity index is 389. The first kappa shape index (κ1) is 13.4. The fraction of sp³-hybridized carbons (Fsp3) is 0.600. The van der Waals surface area contributed by atoms with Crippen LogP contribution in [0.5, 0.6) is 0 Å². The van der Waals surface area contributed by atoms with E-state index in [-0.39, 0.29) is 0 Å². The van der Waals surface area contributed by atoms with Crippen LogP contribution in [0, 0.1) is 5.92 Å². The summed E-state index contributed by atoms with van der Waals surface area (Å²) in [6, 6.07) is 8.94. The molecule has 2 rings (SSSR count). The molecule has 2 atom stereocenters. The molecule has 0 amide bonds. The maximum Gasteiger partial charge on any atom is 0.0316 e. The standard InChI is InChI=1S/C15H25N3/c1-12-10-18(11-15(12)17(2)3)8-7-13-5-4-6-14(16)9-13/h4-6,9,12,15H,7-8,10-11,16H2,1-3H3.